The molecule has 2 aliphatic heterocycles. The Balaban J connectivity index is 1.46. The van der Waals surface area contributed by atoms with Gasteiger partial charge in [-0.1, -0.05) is 17.7 Å². The topological polar surface area (TPSA) is 60.0 Å². The summed E-state index contributed by atoms with van der Waals surface area (Å²) in [4.78, 5) is 14.9. The van der Waals surface area contributed by atoms with Gasteiger partial charge in [-0.2, -0.15) is 0 Å². The lowest BCUT2D eigenvalue weighted by molar-refractivity contribution is -0.117. The van der Waals surface area contributed by atoms with E-state index >= 15 is 0 Å². The Hall–Kier alpha value is -2.44. The highest BCUT2D eigenvalue weighted by atomic mass is 35.5. The molecule has 0 bridgehead atoms. The number of amides is 1. The molecule has 1 N–H and O–H groups in total. The molecule has 1 fully saturated rings. The molecule has 0 radical (unpaired) electrons. The molecule has 0 spiro atoms. The number of anilines is 1. The molecule has 2 aromatic carbocycles. The zero-order valence-corrected chi connectivity index (χ0v) is 17.2. The number of benzene rings is 2. The maximum absolute atomic E-state index is 12.7. The van der Waals surface area contributed by atoms with Crippen LogP contribution in [0.1, 0.15) is 30.9 Å². The first-order valence-electron chi connectivity index (χ1n) is 9.91. The minimum absolute atomic E-state index is 0.0909. The van der Waals surface area contributed by atoms with Gasteiger partial charge in [-0.3, -0.25) is 9.69 Å². The average molecular weight is 417 g/mol. The van der Waals surface area contributed by atoms with Crippen molar-refractivity contribution in [3.63, 3.8) is 0 Å². The summed E-state index contributed by atoms with van der Waals surface area (Å²) in [5.74, 6) is 2.08. The molecular weight excluding hydrogens is 392 g/mol. The molecule has 2 aliphatic rings. The molecule has 7 heteroatoms. The van der Waals surface area contributed by atoms with Gasteiger partial charge in [-0.25, -0.2) is 0 Å². The Morgan fingerprint density at radius 1 is 1.17 bits per heavy atom. The second kappa shape index (κ2) is 8.93. The number of nitrogens with zero attached hydrogens (tertiary/aromatic N) is 1. The number of rotatable bonds is 5. The zero-order chi connectivity index (χ0) is 20.2. The van der Waals surface area contributed by atoms with Crippen molar-refractivity contribution in [3.8, 4) is 17.2 Å². The van der Waals surface area contributed by atoms with Crippen LogP contribution in [0.3, 0.4) is 0 Å². The number of methoxy groups -OCH3 is 1. The molecule has 0 aliphatic carbocycles. The van der Waals surface area contributed by atoms with Crippen molar-refractivity contribution < 1.29 is 19.0 Å². The van der Waals surface area contributed by atoms with Gasteiger partial charge >= 0.3 is 0 Å². The first-order chi connectivity index (χ1) is 14.1. The standard InChI is InChI=1S/C22H25ClN2O4/c1-27-19-8-6-16(23)13-17(19)24-22(26)14-25-9-2-4-18(25)15-5-7-20-21(12-15)29-11-3-10-28-20/h5-8,12-13,18H,2-4,9-11,14H2,1H3,(H,24,26). The van der Waals surface area contributed by atoms with Crippen LogP contribution in [0.4, 0.5) is 5.69 Å². The lowest BCUT2D eigenvalue weighted by Gasteiger charge is -2.25. The Morgan fingerprint density at radius 3 is 2.83 bits per heavy atom. The molecule has 154 valence electrons. The fourth-order valence-corrected chi connectivity index (χ4v) is 4.10. The van der Waals surface area contributed by atoms with Crippen LogP contribution in [-0.2, 0) is 4.79 Å². The normalized spacial score (nSPS) is 18.9. The van der Waals surface area contributed by atoms with E-state index < -0.39 is 0 Å². The van der Waals surface area contributed by atoms with Crippen LogP contribution in [0.5, 0.6) is 17.2 Å². The van der Waals surface area contributed by atoms with Crippen LogP contribution in [0.2, 0.25) is 5.02 Å². The molecule has 1 unspecified atom stereocenters. The average Bonchev–Trinajstić information content (AvgIpc) is 3.03. The van der Waals surface area contributed by atoms with Gasteiger partial charge < -0.3 is 19.5 Å². The third kappa shape index (κ3) is 4.60. The van der Waals surface area contributed by atoms with Crippen LogP contribution < -0.4 is 19.5 Å². The number of carbonyl (C=O) groups is 1. The summed E-state index contributed by atoms with van der Waals surface area (Å²) in [6.07, 6.45) is 2.94. The first kappa shape index (κ1) is 19.9. The molecule has 2 aromatic rings. The van der Waals surface area contributed by atoms with Crippen molar-refractivity contribution in [3.05, 3.63) is 47.0 Å². The monoisotopic (exact) mass is 416 g/mol. The number of halogens is 1. The van der Waals surface area contributed by atoms with E-state index in [2.05, 4.69) is 22.3 Å². The highest BCUT2D eigenvalue weighted by molar-refractivity contribution is 6.31. The lowest BCUT2D eigenvalue weighted by atomic mass is 10.0. The van der Waals surface area contributed by atoms with Crippen LogP contribution in [-0.4, -0.2) is 44.2 Å². The molecule has 1 amide bonds. The molecule has 1 saturated heterocycles. The van der Waals surface area contributed by atoms with Gasteiger partial charge in [-0.15, -0.1) is 0 Å². The zero-order valence-electron chi connectivity index (χ0n) is 16.4. The van der Waals surface area contributed by atoms with Crippen molar-refractivity contribution in [1.82, 2.24) is 4.90 Å². The number of likely N-dealkylation sites (tertiary alicyclic amines) is 1. The van der Waals surface area contributed by atoms with Crippen LogP contribution in [0.15, 0.2) is 36.4 Å². The predicted octanol–water partition coefficient (Wildman–Crippen LogP) is 4.29. The summed E-state index contributed by atoms with van der Waals surface area (Å²) < 4.78 is 16.9. The number of fused-ring (bicyclic) bond motifs is 1. The van der Waals surface area contributed by atoms with Gasteiger partial charge in [0.2, 0.25) is 5.91 Å². The smallest absolute Gasteiger partial charge is 0.238 e. The third-order valence-corrected chi connectivity index (χ3v) is 5.54. The van der Waals surface area contributed by atoms with E-state index in [1.165, 1.54) is 0 Å². The summed E-state index contributed by atoms with van der Waals surface area (Å²) in [5, 5.41) is 3.47. The van der Waals surface area contributed by atoms with Crippen molar-refractivity contribution in [2.24, 2.45) is 0 Å². The van der Waals surface area contributed by atoms with E-state index in [1.54, 1.807) is 25.3 Å². The Labute approximate surface area is 175 Å². The molecular formula is C22H25ClN2O4. The summed E-state index contributed by atoms with van der Waals surface area (Å²) in [6.45, 7) is 2.51. The number of carbonyl (C=O) groups excluding carboxylic acids is 1. The molecule has 0 aromatic heterocycles. The molecule has 2 heterocycles. The second-order valence-electron chi connectivity index (χ2n) is 7.28. The summed E-state index contributed by atoms with van der Waals surface area (Å²) in [6, 6.07) is 11.5. The van der Waals surface area contributed by atoms with Crippen molar-refractivity contribution in [2.75, 3.05) is 38.7 Å². The van der Waals surface area contributed by atoms with E-state index in [-0.39, 0.29) is 11.9 Å². The summed E-state index contributed by atoms with van der Waals surface area (Å²) >= 11 is 6.06. The SMILES string of the molecule is COc1ccc(Cl)cc1NC(=O)CN1CCCC1c1ccc2c(c1)OCCCO2. The maximum Gasteiger partial charge on any atom is 0.238 e. The van der Waals surface area contributed by atoms with E-state index in [9.17, 15) is 4.79 Å². The lowest BCUT2D eigenvalue weighted by Crippen LogP contribution is -2.33. The van der Waals surface area contributed by atoms with Crippen molar-refractivity contribution >= 4 is 23.2 Å². The van der Waals surface area contributed by atoms with Gasteiger partial charge in [0.1, 0.15) is 5.75 Å². The molecule has 6 nitrogen and oxygen atoms in total. The number of hydrogen-bond acceptors (Lipinski definition) is 5. The molecule has 29 heavy (non-hydrogen) atoms. The third-order valence-electron chi connectivity index (χ3n) is 5.30. The number of hydrogen-bond donors (Lipinski definition) is 1. The predicted molar refractivity (Wildman–Crippen MR) is 112 cm³/mol. The Morgan fingerprint density at radius 2 is 2.00 bits per heavy atom. The highest BCUT2D eigenvalue weighted by Gasteiger charge is 2.29. The minimum Gasteiger partial charge on any atom is -0.495 e. The Bertz CT molecular complexity index is 889. The Kier molecular flexibility index (Phi) is 6.11. The van der Waals surface area contributed by atoms with Gasteiger partial charge in [-0.05, 0) is 55.3 Å². The summed E-state index contributed by atoms with van der Waals surface area (Å²) in [5.41, 5.74) is 1.73. The van der Waals surface area contributed by atoms with Crippen molar-refractivity contribution in [1.29, 1.82) is 0 Å². The van der Waals surface area contributed by atoms with Gasteiger partial charge in [0.15, 0.2) is 11.5 Å². The quantitative estimate of drug-likeness (QED) is 0.788. The fourth-order valence-electron chi connectivity index (χ4n) is 3.93. The van der Waals surface area contributed by atoms with E-state index in [4.69, 9.17) is 25.8 Å². The number of ether oxygens (including phenoxy) is 3. The fraction of sp³-hybridized carbons (Fsp3) is 0.409. The van der Waals surface area contributed by atoms with E-state index in [0.717, 1.165) is 42.9 Å². The molecule has 0 saturated carbocycles. The first-order valence-corrected chi connectivity index (χ1v) is 10.3. The highest BCUT2D eigenvalue weighted by Crippen LogP contribution is 2.38. The van der Waals surface area contributed by atoms with E-state index in [0.29, 0.717) is 36.2 Å². The summed E-state index contributed by atoms with van der Waals surface area (Å²) in [7, 11) is 1.57. The van der Waals surface area contributed by atoms with Crippen LogP contribution >= 0.6 is 11.6 Å². The van der Waals surface area contributed by atoms with Crippen LogP contribution in [0, 0.1) is 0 Å². The van der Waals surface area contributed by atoms with Crippen molar-refractivity contribution in [2.45, 2.75) is 25.3 Å². The largest absolute Gasteiger partial charge is 0.495 e. The second-order valence-corrected chi connectivity index (χ2v) is 7.71. The van der Waals surface area contributed by atoms with Crippen LogP contribution in [0.25, 0.3) is 0 Å². The van der Waals surface area contributed by atoms with Gasteiger partial charge in [0.25, 0.3) is 0 Å². The molecule has 1 atom stereocenters. The van der Waals surface area contributed by atoms with Gasteiger partial charge in [0.05, 0.1) is 32.6 Å². The minimum atomic E-state index is -0.0909. The molecule has 4 rings (SSSR count). The van der Waals surface area contributed by atoms with Gasteiger partial charge in [0, 0.05) is 17.5 Å². The van der Waals surface area contributed by atoms with E-state index in [1.807, 2.05) is 6.07 Å². The maximum atomic E-state index is 12.7. The number of nitrogens with one attached hydrogen (secondary N) is 1.